The number of amidine groups is 1. The van der Waals surface area contributed by atoms with Crippen LogP contribution in [0.15, 0.2) is 23.4 Å². The Morgan fingerprint density at radius 3 is 2.75 bits per heavy atom. The minimum Gasteiger partial charge on any atom is -0.409 e. The first kappa shape index (κ1) is 9.60. The first-order chi connectivity index (χ1) is 5.65. The number of hydrogen-bond donors (Lipinski definition) is 2. The topological polar surface area (TPSA) is 58.6 Å². The van der Waals surface area contributed by atoms with Gasteiger partial charge in [-0.1, -0.05) is 16.8 Å². The number of rotatable bonds is 1. The molecule has 0 saturated carbocycles. The van der Waals surface area contributed by atoms with Gasteiger partial charge in [0.1, 0.15) is 0 Å². The fraction of sp³-hybridized carbons (Fsp3) is 0. The number of nitrogens with zero attached hydrogens (tertiary/aromatic N) is 1. The van der Waals surface area contributed by atoms with Crippen LogP contribution >= 0.6 is 34.2 Å². The van der Waals surface area contributed by atoms with Gasteiger partial charge in [-0.2, -0.15) is 0 Å². The molecule has 1 aromatic rings. The summed E-state index contributed by atoms with van der Waals surface area (Å²) in [5, 5.41) is 11.9. The molecule has 0 aliphatic heterocycles. The predicted molar refractivity (Wildman–Crippen MR) is 56.7 cm³/mol. The van der Waals surface area contributed by atoms with Gasteiger partial charge in [-0.05, 0) is 40.8 Å². The minimum atomic E-state index is 0.0876. The molecular formula is C7H6ClIN2O. The first-order valence-corrected chi connectivity index (χ1v) is 4.53. The van der Waals surface area contributed by atoms with Gasteiger partial charge in [0.2, 0.25) is 0 Å². The van der Waals surface area contributed by atoms with Crippen LogP contribution in [0, 0.1) is 3.57 Å². The van der Waals surface area contributed by atoms with Crippen LogP contribution in [0.25, 0.3) is 0 Å². The highest BCUT2D eigenvalue weighted by Gasteiger charge is 2.01. The molecule has 1 aromatic carbocycles. The Bertz CT molecular complexity index is 327. The average Bonchev–Trinajstić information content (AvgIpc) is 2.08. The van der Waals surface area contributed by atoms with E-state index in [0.29, 0.717) is 10.6 Å². The Labute approximate surface area is 88.3 Å². The third kappa shape index (κ3) is 2.01. The van der Waals surface area contributed by atoms with Gasteiger partial charge in [0.15, 0.2) is 5.84 Å². The third-order valence-corrected chi connectivity index (χ3v) is 2.86. The zero-order valence-electron chi connectivity index (χ0n) is 5.96. The lowest BCUT2D eigenvalue weighted by Gasteiger charge is -2.00. The zero-order valence-corrected chi connectivity index (χ0v) is 8.87. The number of benzene rings is 1. The second-order valence-electron chi connectivity index (χ2n) is 2.11. The number of hydrogen-bond acceptors (Lipinski definition) is 2. The molecule has 3 nitrogen and oxygen atoms in total. The van der Waals surface area contributed by atoms with Crippen LogP contribution < -0.4 is 5.73 Å². The Balaban J connectivity index is 3.13. The molecule has 0 aromatic heterocycles. The molecular weight excluding hydrogens is 290 g/mol. The summed E-state index contributed by atoms with van der Waals surface area (Å²) in [7, 11) is 0. The molecule has 0 aliphatic rings. The molecule has 0 aliphatic carbocycles. The Morgan fingerprint density at radius 2 is 2.25 bits per heavy atom. The van der Waals surface area contributed by atoms with E-state index in [9.17, 15) is 0 Å². The van der Waals surface area contributed by atoms with Crippen molar-refractivity contribution in [2.75, 3.05) is 0 Å². The summed E-state index contributed by atoms with van der Waals surface area (Å²) in [6.07, 6.45) is 0. The molecule has 64 valence electrons. The standard InChI is InChI=1S/C7H6ClIN2O/c8-5-2-1-4(3-6(5)9)7(10)11-12/h1-3,12H,(H2,10,11). The largest absolute Gasteiger partial charge is 0.409 e. The highest BCUT2D eigenvalue weighted by Crippen LogP contribution is 2.19. The summed E-state index contributed by atoms with van der Waals surface area (Å²) >= 11 is 7.85. The monoisotopic (exact) mass is 296 g/mol. The summed E-state index contributed by atoms with van der Waals surface area (Å²) in [6, 6.07) is 5.15. The summed E-state index contributed by atoms with van der Waals surface area (Å²) in [5.41, 5.74) is 6.03. The van der Waals surface area contributed by atoms with E-state index in [0.717, 1.165) is 3.57 Å². The van der Waals surface area contributed by atoms with E-state index in [1.54, 1.807) is 18.2 Å². The molecule has 0 atom stereocenters. The van der Waals surface area contributed by atoms with E-state index in [4.69, 9.17) is 22.5 Å². The summed E-state index contributed by atoms with van der Waals surface area (Å²) in [4.78, 5) is 0. The van der Waals surface area contributed by atoms with Crippen LogP contribution in [0.1, 0.15) is 5.56 Å². The summed E-state index contributed by atoms with van der Waals surface area (Å²) in [5.74, 6) is 0.0876. The lowest BCUT2D eigenvalue weighted by Crippen LogP contribution is -2.12. The molecule has 0 spiro atoms. The number of oxime groups is 1. The van der Waals surface area contributed by atoms with Crippen molar-refractivity contribution in [2.24, 2.45) is 10.9 Å². The van der Waals surface area contributed by atoms with Crippen molar-refractivity contribution in [2.45, 2.75) is 0 Å². The van der Waals surface area contributed by atoms with Crippen molar-refractivity contribution in [3.63, 3.8) is 0 Å². The van der Waals surface area contributed by atoms with Crippen molar-refractivity contribution >= 4 is 40.0 Å². The normalized spacial score (nSPS) is 11.7. The highest BCUT2D eigenvalue weighted by atomic mass is 127. The molecule has 0 amide bonds. The predicted octanol–water partition coefficient (Wildman–Crippen LogP) is 2.04. The van der Waals surface area contributed by atoms with E-state index in [-0.39, 0.29) is 5.84 Å². The van der Waals surface area contributed by atoms with Gasteiger partial charge in [-0.25, -0.2) is 0 Å². The molecule has 0 unspecified atom stereocenters. The number of nitrogens with two attached hydrogens (primary N) is 1. The molecule has 1 rings (SSSR count). The Hall–Kier alpha value is -0.490. The highest BCUT2D eigenvalue weighted by molar-refractivity contribution is 14.1. The van der Waals surface area contributed by atoms with Crippen molar-refractivity contribution in [3.05, 3.63) is 32.4 Å². The SMILES string of the molecule is N/C(=N\O)c1ccc(Cl)c(I)c1. The van der Waals surface area contributed by atoms with Crippen LogP contribution in [0.4, 0.5) is 0 Å². The molecule has 0 radical (unpaired) electrons. The number of halogens is 2. The van der Waals surface area contributed by atoms with E-state index >= 15 is 0 Å². The van der Waals surface area contributed by atoms with Crippen LogP contribution in [-0.4, -0.2) is 11.0 Å². The summed E-state index contributed by atoms with van der Waals surface area (Å²) in [6.45, 7) is 0. The fourth-order valence-corrected chi connectivity index (χ4v) is 1.35. The van der Waals surface area contributed by atoms with Crippen LogP contribution in [0.2, 0.25) is 5.02 Å². The quantitative estimate of drug-likeness (QED) is 0.274. The van der Waals surface area contributed by atoms with Gasteiger partial charge in [0.05, 0.1) is 5.02 Å². The second-order valence-corrected chi connectivity index (χ2v) is 3.68. The molecule has 0 saturated heterocycles. The summed E-state index contributed by atoms with van der Waals surface area (Å²) < 4.78 is 0.873. The van der Waals surface area contributed by atoms with Crippen molar-refractivity contribution in [1.29, 1.82) is 0 Å². The van der Waals surface area contributed by atoms with E-state index < -0.39 is 0 Å². The van der Waals surface area contributed by atoms with Gasteiger partial charge < -0.3 is 10.9 Å². The van der Waals surface area contributed by atoms with Crippen LogP contribution in [0.3, 0.4) is 0 Å². The second kappa shape index (κ2) is 3.95. The minimum absolute atomic E-state index is 0.0876. The zero-order chi connectivity index (χ0) is 9.14. The van der Waals surface area contributed by atoms with Gasteiger partial charge in [0.25, 0.3) is 0 Å². The fourth-order valence-electron chi connectivity index (χ4n) is 0.713. The molecule has 3 N–H and O–H groups in total. The molecule has 0 fully saturated rings. The Morgan fingerprint density at radius 1 is 1.58 bits per heavy atom. The van der Waals surface area contributed by atoms with E-state index in [1.807, 2.05) is 0 Å². The molecule has 12 heavy (non-hydrogen) atoms. The maximum atomic E-state index is 8.38. The van der Waals surface area contributed by atoms with E-state index in [2.05, 4.69) is 27.7 Å². The first-order valence-electron chi connectivity index (χ1n) is 3.08. The average molecular weight is 296 g/mol. The van der Waals surface area contributed by atoms with Gasteiger partial charge >= 0.3 is 0 Å². The molecule has 5 heteroatoms. The molecule has 0 heterocycles. The van der Waals surface area contributed by atoms with Crippen molar-refractivity contribution in [3.8, 4) is 0 Å². The molecule has 0 bridgehead atoms. The smallest absolute Gasteiger partial charge is 0.170 e. The maximum absolute atomic E-state index is 8.38. The van der Waals surface area contributed by atoms with Crippen LogP contribution in [-0.2, 0) is 0 Å². The lowest BCUT2D eigenvalue weighted by atomic mass is 10.2. The van der Waals surface area contributed by atoms with Gasteiger partial charge in [-0.3, -0.25) is 0 Å². The van der Waals surface area contributed by atoms with Crippen molar-refractivity contribution < 1.29 is 5.21 Å². The van der Waals surface area contributed by atoms with Crippen LogP contribution in [0.5, 0.6) is 0 Å². The van der Waals surface area contributed by atoms with Gasteiger partial charge in [-0.15, -0.1) is 0 Å². The Kier molecular flexibility index (Phi) is 3.16. The van der Waals surface area contributed by atoms with Crippen molar-refractivity contribution in [1.82, 2.24) is 0 Å². The lowest BCUT2D eigenvalue weighted by molar-refractivity contribution is 0.318. The van der Waals surface area contributed by atoms with Gasteiger partial charge in [0, 0.05) is 9.13 Å². The van der Waals surface area contributed by atoms with E-state index in [1.165, 1.54) is 0 Å². The maximum Gasteiger partial charge on any atom is 0.170 e. The third-order valence-electron chi connectivity index (χ3n) is 1.32.